The van der Waals surface area contributed by atoms with E-state index in [1.165, 1.54) is 16.2 Å². The van der Waals surface area contributed by atoms with Crippen molar-refractivity contribution in [3.05, 3.63) is 85.2 Å². The number of anilines is 1. The maximum absolute atomic E-state index is 13.4. The van der Waals surface area contributed by atoms with Crippen LogP contribution in [-0.4, -0.2) is 16.1 Å². The van der Waals surface area contributed by atoms with E-state index in [9.17, 15) is 9.59 Å². The number of nitrogens with zero attached hydrogens (tertiary/aromatic N) is 3. The van der Waals surface area contributed by atoms with Crippen molar-refractivity contribution in [1.29, 1.82) is 0 Å². The molecule has 2 aromatic carbocycles. The quantitative estimate of drug-likeness (QED) is 0.468. The molecule has 1 aliphatic heterocycles. The van der Waals surface area contributed by atoms with Crippen LogP contribution in [-0.2, 0) is 0 Å². The van der Waals surface area contributed by atoms with Gasteiger partial charge < -0.3 is 4.42 Å². The summed E-state index contributed by atoms with van der Waals surface area (Å²) in [5.41, 5.74) is 2.22. The van der Waals surface area contributed by atoms with Gasteiger partial charge in [0, 0.05) is 5.02 Å². The Morgan fingerprint density at radius 3 is 2.52 bits per heavy atom. The molecule has 0 bridgehead atoms. The molecule has 2 aromatic heterocycles. The minimum absolute atomic E-state index is 0.0308. The first-order valence-electron chi connectivity index (χ1n) is 8.90. The summed E-state index contributed by atoms with van der Waals surface area (Å²) in [6.07, 6.45) is 0. The molecular weight excluding hydrogens is 410 g/mol. The Bertz CT molecular complexity index is 1340. The molecular formula is C21H14ClN3O3S. The smallest absolute Gasteiger partial charge is 0.297 e. The number of carbonyl (C=O) groups excluding carboxylic acids is 1. The van der Waals surface area contributed by atoms with Gasteiger partial charge in [-0.15, -0.1) is 10.2 Å². The van der Waals surface area contributed by atoms with Crippen LogP contribution in [0.5, 0.6) is 0 Å². The zero-order chi connectivity index (χ0) is 20.3. The zero-order valence-electron chi connectivity index (χ0n) is 15.5. The molecule has 6 nitrogen and oxygen atoms in total. The Labute approximate surface area is 174 Å². The van der Waals surface area contributed by atoms with Gasteiger partial charge in [0.05, 0.1) is 17.0 Å². The SMILES string of the molecule is Cc1ccc(C2c3c(oc4ccc(Cl)cc4c3=O)C(=O)N2c2nnc(C)s2)cc1. The van der Waals surface area contributed by atoms with Gasteiger partial charge in [-0.2, -0.15) is 0 Å². The van der Waals surface area contributed by atoms with Crippen LogP contribution < -0.4 is 10.3 Å². The molecule has 0 spiro atoms. The van der Waals surface area contributed by atoms with Crippen LogP contribution in [0, 0.1) is 13.8 Å². The Balaban J connectivity index is 1.83. The van der Waals surface area contributed by atoms with E-state index in [2.05, 4.69) is 10.2 Å². The molecule has 5 rings (SSSR count). The summed E-state index contributed by atoms with van der Waals surface area (Å²) in [6, 6.07) is 11.9. The molecule has 144 valence electrons. The van der Waals surface area contributed by atoms with Crippen molar-refractivity contribution < 1.29 is 9.21 Å². The second kappa shape index (κ2) is 6.50. The molecule has 0 radical (unpaired) electrons. The van der Waals surface area contributed by atoms with Crippen molar-refractivity contribution in [3.63, 3.8) is 0 Å². The average Bonchev–Trinajstić information content (AvgIpc) is 3.25. The summed E-state index contributed by atoms with van der Waals surface area (Å²) in [7, 11) is 0. The fourth-order valence-corrected chi connectivity index (χ4v) is 4.48. The Morgan fingerprint density at radius 1 is 1.07 bits per heavy atom. The highest BCUT2D eigenvalue weighted by Crippen LogP contribution is 2.42. The van der Waals surface area contributed by atoms with Crippen molar-refractivity contribution in [2.45, 2.75) is 19.9 Å². The molecule has 0 aliphatic carbocycles. The van der Waals surface area contributed by atoms with Gasteiger partial charge in [0.1, 0.15) is 10.6 Å². The largest absolute Gasteiger partial charge is 0.450 e. The number of aryl methyl sites for hydroxylation is 2. The Hall–Kier alpha value is -3.03. The highest BCUT2D eigenvalue weighted by atomic mass is 35.5. The average molecular weight is 424 g/mol. The lowest BCUT2D eigenvalue weighted by atomic mass is 9.98. The molecule has 1 aliphatic rings. The van der Waals surface area contributed by atoms with Crippen molar-refractivity contribution >= 4 is 44.9 Å². The van der Waals surface area contributed by atoms with Crippen LogP contribution in [0.4, 0.5) is 5.13 Å². The predicted octanol–water partition coefficient (Wildman–Crippen LogP) is 4.66. The summed E-state index contributed by atoms with van der Waals surface area (Å²) in [4.78, 5) is 28.2. The lowest BCUT2D eigenvalue weighted by Crippen LogP contribution is -2.29. The third kappa shape index (κ3) is 2.77. The van der Waals surface area contributed by atoms with E-state index in [0.717, 1.165) is 16.1 Å². The zero-order valence-corrected chi connectivity index (χ0v) is 17.0. The Kier molecular flexibility index (Phi) is 4.04. The van der Waals surface area contributed by atoms with Gasteiger partial charge in [0.25, 0.3) is 5.91 Å². The molecule has 8 heteroatoms. The van der Waals surface area contributed by atoms with E-state index in [1.807, 2.05) is 38.1 Å². The van der Waals surface area contributed by atoms with Gasteiger partial charge in [-0.25, -0.2) is 0 Å². The van der Waals surface area contributed by atoms with Gasteiger partial charge >= 0.3 is 0 Å². The lowest BCUT2D eigenvalue weighted by molar-refractivity contribution is 0.0970. The summed E-state index contributed by atoms with van der Waals surface area (Å²) in [5.74, 6) is -0.376. The number of hydrogen-bond donors (Lipinski definition) is 0. The molecule has 0 fully saturated rings. The first kappa shape index (κ1) is 18.0. The fourth-order valence-electron chi connectivity index (χ4n) is 3.59. The third-order valence-corrected chi connectivity index (χ3v) is 6.02. The molecule has 4 aromatic rings. The van der Waals surface area contributed by atoms with Crippen molar-refractivity contribution in [2.75, 3.05) is 4.90 Å². The van der Waals surface area contributed by atoms with Crippen molar-refractivity contribution in [1.82, 2.24) is 10.2 Å². The van der Waals surface area contributed by atoms with Crippen LogP contribution >= 0.6 is 22.9 Å². The normalized spacial score (nSPS) is 15.9. The second-order valence-corrected chi connectivity index (χ2v) is 8.50. The highest BCUT2D eigenvalue weighted by Gasteiger charge is 2.45. The molecule has 0 saturated carbocycles. The van der Waals surface area contributed by atoms with Gasteiger partial charge in [-0.1, -0.05) is 52.8 Å². The van der Waals surface area contributed by atoms with Gasteiger partial charge in [0.15, 0.2) is 5.43 Å². The number of carbonyl (C=O) groups is 1. The van der Waals surface area contributed by atoms with Crippen molar-refractivity contribution in [3.8, 4) is 0 Å². The Morgan fingerprint density at radius 2 is 1.83 bits per heavy atom. The van der Waals surface area contributed by atoms with Crippen LogP contribution in [0.25, 0.3) is 11.0 Å². The van der Waals surface area contributed by atoms with Crippen LogP contribution in [0.15, 0.2) is 51.7 Å². The number of halogens is 1. The minimum atomic E-state index is -0.648. The molecule has 0 N–H and O–H groups in total. The predicted molar refractivity (Wildman–Crippen MR) is 112 cm³/mol. The van der Waals surface area contributed by atoms with Crippen LogP contribution in [0.1, 0.15) is 38.3 Å². The van der Waals surface area contributed by atoms with E-state index in [-0.39, 0.29) is 11.2 Å². The summed E-state index contributed by atoms with van der Waals surface area (Å²) in [5, 5.41) is 10.1. The maximum atomic E-state index is 13.4. The number of hydrogen-bond acceptors (Lipinski definition) is 6. The summed E-state index contributed by atoms with van der Waals surface area (Å²) >= 11 is 7.39. The second-order valence-electron chi connectivity index (χ2n) is 6.91. The molecule has 0 saturated heterocycles. The van der Waals surface area contributed by atoms with E-state index in [0.29, 0.717) is 26.7 Å². The van der Waals surface area contributed by atoms with Crippen LogP contribution in [0.2, 0.25) is 5.02 Å². The first-order chi connectivity index (χ1) is 13.9. The third-order valence-electron chi connectivity index (χ3n) is 4.95. The number of amides is 1. The number of aromatic nitrogens is 2. The molecule has 3 heterocycles. The summed E-state index contributed by atoms with van der Waals surface area (Å²) in [6.45, 7) is 3.79. The van der Waals surface area contributed by atoms with E-state index in [4.69, 9.17) is 16.0 Å². The summed E-state index contributed by atoms with van der Waals surface area (Å²) < 4.78 is 5.89. The fraction of sp³-hybridized carbons (Fsp3) is 0.143. The number of rotatable bonds is 2. The first-order valence-corrected chi connectivity index (χ1v) is 10.1. The van der Waals surface area contributed by atoms with E-state index >= 15 is 0 Å². The van der Waals surface area contributed by atoms with Gasteiger partial charge in [0.2, 0.25) is 10.9 Å². The monoisotopic (exact) mass is 423 g/mol. The van der Waals surface area contributed by atoms with Crippen LogP contribution in [0.3, 0.4) is 0 Å². The molecule has 1 amide bonds. The highest BCUT2D eigenvalue weighted by molar-refractivity contribution is 7.15. The minimum Gasteiger partial charge on any atom is -0.450 e. The van der Waals surface area contributed by atoms with E-state index in [1.54, 1.807) is 18.2 Å². The topological polar surface area (TPSA) is 76.3 Å². The molecule has 1 atom stereocenters. The lowest BCUT2D eigenvalue weighted by Gasteiger charge is -2.22. The molecule has 1 unspecified atom stereocenters. The van der Waals surface area contributed by atoms with Crippen molar-refractivity contribution in [2.24, 2.45) is 0 Å². The standard InChI is InChI=1S/C21H14ClN3O3S/c1-10-3-5-12(6-4-10)17-16-18(26)14-9-13(22)7-8-15(14)28-19(16)20(27)25(17)21-24-23-11(2)29-21/h3-9,17H,1-2H3. The number of fused-ring (bicyclic) bond motifs is 2. The molecule has 29 heavy (non-hydrogen) atoms. The van der Waals surface area contributed by atoms with E-state index < -0.39 is 11.9 Å². The van der Waals surface area contributed by atoms with Gasteiger partial charge in [-0.3, -0.25) is 14.5 Å². The van der Waals surface area contributed by atoms with Gasteiger partial charge in [-0.05, 0) is 37.6 Å². The maximum Gasteiger partial charge on any atom is 0.297 e. The number of benzene rings is 2.